The molecule has 1 atom stereocenters. The molecule has 0 bridgehead atoms. The van der Waals surface area contributed by atoms with E-state index in [2.05, 4.69) is 5.32 Å². The number of hydrogen-bond acceptors (Lipinski definition) is 3. The number of amides is 1. The molecule has 0 fully saturated rings. The van der Waals surface area contributed by atoms with Crippen LogP contribution in [0.25, 0.3) is 0 Å². The topological polar surface area (TPSA) is 64.3 Å². The van der Waals surface area contributed by atoms with Crippen molar-refractivity contribution in [2.75, 3.05) is 6.61 Å². The standard InChI is InChI=1S/C15H23FN2O2/c1-4-12(17)8-11-6-5-7-13(16)15(11)20-9-14(19)18-10(2)3/h5-7,10,12H,4,8-9,17H2,1-3H3,(H,18,19). The minimum Gasteiger partial charge on any atom is -0.480 e. The first kappa shape index (κ1) is 16.4. The molecular formula is C15H23FN2O2. The van der Waals surface area contributed by atoms with Gasteiger partial charge in [0.25, 0.3) is 5.91 Å². The van der Waals surface area contributed by atoms with E-state index in [1.54, 1.807) is 12.1 Å². The van der Waals surface area contributed by atoms with E-state index >= 15 is 0 Å². The SMILES string of the molecule is CCC(N)Cc1cccc(F)c1OCC(=O)NC(C)C. The normalized spacial score (nSPS) is 12.3. The summed E-state index contributed by atoms with van der Waals surface area (Å²) in [6.07, 6.45) is 1.32. The predicted octanol–water partition coefficient (Wildman–Crippen LogP) is 2.01. The van der Waals surface area contributed by atoms with Crippen LogP contribution >= 0.6 is 0 Å². The van der Waals surface area contributed by atoms with Crippen LogP contribution in [0.2, 0.25) is 0 Å². The molecule has 0 saturated heterocycles. The van der Waals surface area contributed by atoms with Crippen molar-refractivity contribution in [2.45, 2.75) is 45.7 Å². The second-order valence-electron chi connectivity index (χ2n) is 5.11. The first-order valence-electron chi connectivity index (χ1n) is 6.89. The van der Waals surface area contributed by atoms with Crippen molar-refractivity contribution >= 4 is 5.91 Å². The summed E-state index contributed by atoms with van der Waals surface area (Å²) in [5.74, 6) is -0.618. The summed E-state index contributed by atoms with van der Waals surface area (Å²) in [4.78, 5) is 11.5. The highest BCUT2D eigenvalue weighted by Crippen LogP contribution is 2.24. The molecule has 4 nitrogen and oxygen atoms in total. The number of hydrogen-bond donors (Lipinski definition) is 2. The van der Waals surface area contributed by atoms with Crippen LogP contribution < -0.4 is 15.8 Å². The van der Waals surface area contributed by atoms with Crippen LogP contribution in [-0.4, -0.2) is 24.6 Å². The highest BCUT2D eigenvalue weighted by Gasteiger charge is 2.14. The molecule has 0 radical (unpaired) electrons. The van der Waals surface area contributed by atoms with Crippen molar-refractivity contribution in [2.24, 2.45) is 5.73 Å². The number of para-hydroxylation sites is 1. The molecule has 1 amide bonds. The number of rotatable bonds is 7. The fourth-order valence-electron chi connectivity index (χ4n) is 1.80. The monoisotopic (exact) mass is 282 g/mol. The molecular weight excluding hydrogens is 259 g/mol. The van der Waals surface area contributed by atoms with Gasteiger partial charge in [-0.1, -0.05) is 19.1 Å². The maximum atomic E-state index is 13.8. The molecule has 1 unspecified atom stereocenters. The van der Waals surface area contributed by atoms with Crippen LogP contribution in [-0.2, 0) is 11.2 Å². The summed E-state index contributed by atoms with van der Waals surface area (Å²) in [5.41, 5.74) is 6.58. The summed E-state index contributed by atoms with van der Waals surface area (Å²) >= 11 is 0. The first-order chi connectivity index (χ1) is 9.43. The second kappa shape index (κ2) is 7.85. The minimum absolute atomic E-state index is 0.0275. The Morgan fingerprint density at radius 3 is 2.75 bits per heavy atom. The molecule has 0 aliphatic carbocycles. The molecule has 0 spiro atoms. The second-order valence-corrected chi connectivity index (χ2v) is 5.11. The maximum absolute atomic E-state index is 13.8. The predicted molar refractivity (Wildman–Crippen MR) is 77.1 cm³/mol. The fourth-order valence-corrected chi connectivity index (χ4v) is 1.80. The number of nitrogens with one attached hydrogen (secondary N) is 1. The molecule has 0 saturated carbocycles. The van der Waals surface area contributed by atoms with Crippen molar-refractivity contribution in [3.05, 3.63) is 29.6 Å². The molecule has 0 heterocycles. The Morgan fingerprint density at radius 2 is 2.15 bits per heavy atom. The quantitative estimate of drug-likeness (QED) is 0.804. The maximum Gasteiger partial charge on any atom is 0.258 e. The molecule has 0 aromatic heterocycles. The van der Waals surface area contributed by atoms with Crippen LogP contribution in [0.5, 0.6) is 5.75 Å². The van der Waals surface area contributed by atoms with Gasteiger partial charge in [0, 0.05) is 12.1 Å². The molecule has 1 rings (SSSR count). The number of halogens is 1. The van der Waals surface area contributed by atoms with E-state index in [0.717, 1.165) is 6.42 Å². The van der Waals surface area contributed by atoms with Crippen molar-refractivity contribution in [1.82, 2.24) is 5.32 Å². The van der Waals surface area contributed by atoms with Gasteiger partial charge in [0.1, 0.15) is 0 Å². The zero-order valence-corrected chi connectivity index (χ0v) is 12.3. The highest BCUT2D eigenvalue weighted by molar-refractivity contribution is 5.77. The van der Waals surface area contributed by atoms with E-state index < -0.39 is 5.82 Å². The van der Waals surface area contributed by atoms with E-state index in [1.807, 2.05) is 20.8 Å². The van der Waals surface area contributed by atoms with Crippen LogP contribution in [0.4, 0.5) is 4.39 Å². The minimum atomic E-state index is -0.469. The summed E-state index contributed by atoms with van der Waals surface area (Å²) in [6, 6.07) is 4.68. The number of benzene rings is 1. The molecule has 112 valence electrons. The molecule has 1 aromatic rings. The van der Waals surface area contributed by atoms with Gasteiger partial charge in [-0.05, 0) is 38.3 Å². The third-order valence-corrected chi connectivity index (χ3v) is 2.85. The van der Waals surface area contributed by atoms with Gasteiger partial charge in [-0.3, -0.25) is 4.79 Å². The number of carbonyl (C=O) groups is 1. The average Bonchev–Trinajstić information content (AvgIpc) is 2.37. The van der Waals surface area contributed by atoms with Gasteiger partial charge in [0.05, 0.1) is 0 Å². The van der Waals surface area contributed by atoms with E-state index in [-0.39, 0.29) is 30.3 Å². The van der Waals surface area contributed by atoms with Gasteiger partial charge >= 0.3 is 0 Å². The van der Waals surface area contributed by atoms with Crippen LogP contribution in [0.15, 0.2) is 18.2 Å². The first-order valence-corrected chi connectivity index (χ1v) is 6.89. The van der Waals surface area contributed by atoms with Crippen LogP contribution in [0.3, 0.4) is 0 Å². The summed E-state index contributed by atoms with van der Waals surface area (Å²) < 4.78 is 19.2. The van der Waals surface area contributed by atoms with Crippen LogP contribution in [0.1, 0.15) is 32.8 Å². The zero-order valence-electron chi connectivity index (χ0n) is 12.3. The molecule has 0 aliphatic heterocycles. The summed E-state index contributed by atoms with van der Waals surface area (Å²) in [5, 5.41) is 2.69. The highest BCUT2D eigenvalue weighted by atomic mass is 19.1. The molecule has 3 N–H and O–H groups in total. The Hall–Kier alpha value is -1.62. The largest absolute Gasteiger partial charge is 0.480 e. The van der Waals surface area contributed by atoms with Gasteiger partial charge < -0.3 is 15.8 Å². The molecule has 0 aliphatic rings. The van der Waals surface area contributed by atoms with E-state index in [9.17, 15) is 9.18 Å². The molecule has 5 heteroatoms. The Labute approximate surface area is 119 Å². The number of nitrogens with two attached hydrogens (primary N) is 1. The average molecular weight is 282 g/mol. The number of ether oxygens (including phenoxy) is 1. The zero-order chi connectivity index (χ0) is 15.1. The molecule has 20 heavy (non-hydrogen) atoms. The fraction of sp³-hybridized carbons (Fsp3) is 0.533. The van der Waals surface area contributed by atoms with Gasteiger partial charge in [-0.25, -0.2) is 4.39 Å². The van der Waals surface area contributed by atoms with Crippen molar-refractivity contribution < 1.29 is 13.9 Å². The van der Waals surface area contributed by atoms with Crippen molar-refractivity contribution in [1.29, 1.82) is 0 Å². The molecule has 1 aromatic carbocycles. The third-order valence-electron chi connectivity index (χ3n) is 2.85. The Balaban J connectivity index is 2.75. The lowest BCUT2D eigenvalue weighted by Gasteiger charge is -2.15. The third kappa shape index (κ3) is 5.17. The Morgan fingerprint density at radius 1 is 1.45 bits per heavy atom. The number of carbonyl (C=O) groups excluding carboxylic acids is 1. The van der Waals surface area contributed by atoms with Crippen LogP contribution in [0, 0.1) is 5.82 Å². The Kier molecular flexibility index (Phi) is 6.45. The Bertz CT molecular complexity index is 449. The smallest absolute Gasteiger partial charge is 0.258 e. The van der Waals surface area contributed by atoms with E-state index in [1.165, 1.54) is 6.07 Å². The summed E-state index contributed by atoms with van der Waals surface area (Å²) in [6.45, 7) is 5.48. The summed E-state index contributed by atoms with van der Waals surface area (Å²) in [7, 11) is 0. The lowest BCUT2D eigenvalue weighted by Crippen LogP contribution is -2.34. The lowest BCUT2D eigenvalue weighted by atomic mass is 10.0. The van der Waals surface area contributed by atoms with Gasteiger partial charge in [-0.2, -0.15) is 0 Å². The lowest BCUT2D eigenvalue weighted by molar-refractivity contribution is -0.123. The van der Waals surface area contributed by atoms with Gasteiger partial charge in [-0.15, -0.1) is 0 Å². The van der Waals surface area contributed by atoms with Gasteiger partial charge in [0.2, 0.25) is 0 Å². The van der Waals surface area contributed by atoms with E-state index in [4.69, 9.17) is 10.5 Å². The van der Waals surface area contributed by atoms with Crippen molar-refractivity contribution in [3.63, 3.8) is 0 Å². The van der Waals surface area contributed by atoms with Gasteiger partial charge in [0.15, 0.2) is 18.2 Å². The van der Waals surface area contributed by atoms with Crippen molar-refractivity contribution in [3.8, 4) is 5.75 Å². The van der Waals surface area contributed by atoms with E-state index in [0.29, 0.717) is 12.0 Å².